The number of anilines is 1. The molecule has 2 aromatic rings. The van der Waals surface area contributed by atoms with Crippen molar-refractivity contribution in [2.24, 2.45) is 5.92 Å². The first kappa shape index (κ1) is 23.3. The molecule has 0 unspecified atom stereocenters. The van der Waals surface area contributed by atoms with E-state index in [0.29, 0.717) is 31.8 Å². The van der Waals surface area contributed by atoms with Crippen LogP contribution in [0.3, 0.4) is 0 Å². The molecule has 5 nitrogen and oxygen atoms in total. The molecule has 2 aliphatic heterocycles. The van der Waals surface area contributed by atoms with E-state index >= 15 is 0 Å². The van der Waals surface area contributed by atoms with Gasteiger partial charge in [-0.2, -0.15) is 0 Å². The Morgan fingerprint density at radius 3 is 2.29 bits per heavy atom. The third-order valence-electron chi connectivity index (χ3n) is 6.40. The molecule has 0 radical (unpaired) electrons. The minimum absolute atomic E-state index is 0. The number of nitrogens with one attached hydrogen (secondary N) is 2. The van der Waals surface area contributed by atoms with Gasteiger partial charge in [0.15, 0.2) is 0 Å². The number of rotatable bonds is 4. The van der Waals surface area contributed by atoms with Crippen molar-refractivity contribution in [1.29, 1.82) is 0 Å². The molecule has 2 aliphatic rings. The molecule has 4 rings (SSSR count). The van der Waals surface area contributed by atoms with E-state index in [4.69, 9.17) is 0 Å². The minimum Gasteiger partial charge on any atom is -0.341 e. The van der Waals surface area contributed by atoms with Gasteiger partial charge < -0.3 is 15.5 Å². The highest BCUT2D eigenvalue weighted by atomic mass is 35.5. The lowest BCUT2D eigenvalue weighted by atomic mass is 9.92. The van der Waals surface area contributed by atoms with Crippen LogP contribution in [0.5, 0.6) is 0 Å². The number of likely N-dealkylation sites (tertiary alicyclic amines) is 1. The van der Waals surface area contributed by atoms with Gasteiger partial charge in [0.1, 0.15) is 0 Å². The summed E-state index contributed by atoms with van der Waals surface area (Å²) >= 11 is 0. The highest BCUT2D eigenvalue weighted by Gasteiger charge is 2.32. The smallest absolute Gasteiger partial charge is 0.240 e. The highest BCUT2D eigenvalue weighted by Crippen LogP contribution is 2.23. The quantitative estimate of drug-likeness (QED) is 0.750. The van der Waals surface area contributed by atoms with Crippen LogP contribution in [0.4, 0.5) is 5.69 Å². The third-order valence-corrected chi connectivity index (χ3v) is 6.40. The summed E-state index contributed by atoms with van der Waals surface area (Å²) in [4.78, 5) is 27.6. The molecular weight excluding hydrogens is 410 g/mol. The molecule has 2 aromatic carbocycles. The monoisotopic (exact) mass is 441 g/mol. The maximum atomic E-state index is 13.0. The maximum absolute atomic E-state index is 13.0. The standard InChI is InChI=1S/C25H31N3O2.ClH/c1-17(2)18-7-9-22(10-8-18)27-24(29)19-11-13-28(14-12-19)25(30)23-15-20-5-3-4-6-21(20)16-26-23;/h3-10,17,19,23,26H,11-16H2,1-2H3,(H,27,29);1H/t23-;/m0./s1. The summed E-state index contributed by atoms with van der Waals surface area (Å²) in [5.41, 5.74) is 4.64. The van der Waals surface area contributed by atoms with Crippen LogP contribution in [-0.2, 0) is 22.6 Å². The number of hydrogen-bond acceptors (Lipinski definition) is 3. The summed E-state index contributed by atoms with van der Waals surface area (Å²) in [5.74, 6) is 0.652. The Morgan fingerprint density at radius 2 is 1.65 bits per heavy atom. The fourth-order valence-corrected chi connectivity index (χ4v) is 4.41. The summed E-state index contributed by atoms with van der Waals surface area (Å²) in [6, 6.07) is 16.2. The van der Waals surface area contributed by atoms with Crippen molar-refractivity contribution in [3.63, 3.8) is 0 Å². The fraction of sp³-hybridized carbons (Fsp3) is 0.440. The third kappa shape index (κ3) is 5.46. The van der Waals surface area contributed by atoms with E-state index in [1.54, 1.807) is 0 Å². The van der Waals surface area contributed by atoms with E-state index in [1.807, 2.05) is 29.2 Å². The molecule has 1 saturated heterocycles. The van der Waals surface area contributed by atoms with Crippen LogP contribution in [0, 0.1) is 5.92 Å². The van der Waals surface area contributed by atoms with Gasteiger partial charge in [-0.15, -0.1) is 12.4 Å². The second-order valence-corrected chi connectivity index (χ2v) is 8.77. The first-order valence-corrected chi connectivity index (χ1v) is 11.0. The van der Waals surface area contributed by atoms with Gasteiger partial charge in [-0.1, -0.05) is 50.2 Å². The van der Waals surface area contributed by atoms with Crippen LogP contribution in [0.15, 0.2) is 48.5 Å². The Bertz CT molecular complexity index is 905. The van der Waals surface area contributed by atoms with Crippen LogP contribution in [0.1, 0.15) is 49.3 Å². The second kappa shape index (κ2) is 10.3. The van der Waals surface area contributed by atoms with E-state index in [9.17, 15) is 9.59 Å². The van der Waals surface area contributed by atoms with Crippen molar-refractivity contribution in [1.82, 2.24) is 10.2 Å². The van der Waals surface area contributed by atoms with E-state index in [2.05, 4.69) is 48.7 Å². The molecule has 0 aromatic heterocycles. The molecule has 0 saturated carbocycles. The van der Waals surface area contributed by atoms with Crippen molar-refractivity contribution in [3.8, 4) is 0 Å². The predicted octanol–water partition coefficient (Wildman–Crippen LogP) is 4.12. The van der Waals surface area contributed by atoms with E-state index in [0.717, 1.165) is 18.7 Å². The largest absolute Gasteiger partial charge is 0.341 e. The Morgan fingerprint density at radius 1 is 1.00 bits per heavy atom. The van der Waals surface area contributed by atoms with E-state index < -0.39 is 0 Å². The molecule has 2 N–H and O–H groups in total. The van der Waals surface area contributed by atoms with Crippen molar-refractivity contribution in [2.45, 2.75) is 51.6 Å². The van der Waals surface area contributed by atoms with Gasteiger partial charge in [-0.25, -0.2) is 0 Å². The Kier molecular flexibility index (Phi) is 7.74. The van der Waals surface area contributed by atoms with Gasteiger partial charge in [-0.3, -0.25) is 9.59 Å². The van der Waals surface area contributed by atoms with Crippen LogP contribution in [-0.4, -0.2) is 35.8 Å². The number of nitrogens with zero attached hydrogens (tertiary/aromatic N) is 1. The summed E-state index contributed by atoms with van der Waals surface area (Å²) in [6.45, 7) is 6.33. The molecule has 2 amide bonds. The number of benzene rings is 2. The number of fused-ring (bicyclic) bond motifs is 1. The summed E-state index contributed by atoms with van der Waals surface area (Å²) in [5, 5.41) is 6.42. The number of piperidine rings is 1. The van der Waals surface area contributed by atoms with Gasteiger partial charge in [0, 0.05) is 31.2 Å². The lowest BCUT2D eigenvalue weighted by Gasteiger charge is -2.35. The first-order valence-electron chi connectivity index (χ1n) is 11.0. The molecule has 1 atom stereocenters. The van der Waals surface area contributed by atoms with Crippen LogP contribution in [0.25, 0.3) is 0 Å². The molecule has 166 valence electrons. The van der Waals surface area contributed by atoms with Crippen LogP contribution < -0.4 is 10.6 Å². The van der Waals surface area contributed by atoms with Gasteiger partial charge in [0.2, 0.25) is 11.8 Å². The second-order valence-electron chi connectivity index (χ2n) is 8.77. The fourth-order valence-electron chi connectivity index (χ4n) is 4.41. The van der Waals surface area contributed by atoms with Crippen molar-refractivity contribution in [3.05, 3.63) is 65.2 Å². The molecule has 0 spiro atoms. The average molecular weight is 442 g/mol. The number of halogens is 1. The molecular formula is C25H32ClN3O2. The lowest BCUT2D eigenvalue weighted by molar-refractivity contribution is -0.136. The van der Waals surface area contributed by atoms with Crippen molar-refractivity contribution in [2.75, 3.05) is 18.4 Å². The first-order chi connectivity index (χ1) is 14.5. The predicted molar refractivity (Wildman–Crippen MR) is 126 cm³/mol. The lowest BCUT2D eigenvalue weighted by Crippen LogP contribution is -2.52. The van der Waals surface area contributed by atoms with Gasteiger partial charge in [0.25, 0.3) is 0 Å². The normalized spacial score (nSPS) is 18.8. The zero-order valence-corrected chi connectivity index (χ0v) is 19.1. The molecule has 1 fully saturated rings. The topological polar surface area (TPSA) is 61.4 Å². The van der Waals surface area contributed by atoms with E-state index in [1.165, 1.54) is 16.7 Å². The molecule has 0 aliphatic carbocycles. The van der Waals surface area contributed by atoms with Crippen LogP contribution >= 0.6 is 12.4 Å². The molecule has 31 heavy (non-hydrogen) atoms. The minimum atomic E-state index is -0.162. The number of hydrogen-bond donors (Lipinski definition) is 2. The SMILES string of the molecule is CC(C)c1ccc(NC(=O)C2CCN(C(=O)[C@@H]3Cc4ccccc4CN3)CC2)cc1.Cl. The Hall–Kier alpha value is -2.37. The molecule has 0 bridgehead atoms. The van der Waals surface area contributed by atoms with Crippen LogP contribution in [0.2, 0.25) is 0 Å². The van der Waals surface area contributed by atoms with E-state index in [-0.39, 0.29) is 36.2 Å². The highest BCUT2D eigenvalue weighted by molar-refractivity contribution is 5.93. The summed E-state index contributed by atoms with van der Waals surface area (Å²) in [7, 11) is 0. The number of carbonyl (C=O) groups excluding carboxylic acids is 2. The Labute approximate surface area is 191 Å². The van der Waals surface area contributed by atoms with Crippen molar-refractivity contribution < 1.29 is 9.59 Å². The van der Waals surface area contributed by atoms with Gasteiger partial charge >= 0.3 is 0 Å². The number of amides is 2. The zero-order valence-electron chi connectivity index (χ0n) is 18.3. The summed E-state index contributed by atoms with van der Waals surface area (Å²) < 4.78 is 0. The zero-order chi connectivity index (χ0) is 21.1. The number of carbonyl (C=O) groups is 2. The van der Waals surface area contributed by atoms with Crippen molar-refractivity contribution >= 4 is 29.9 Å². The maximum Gasteiger partial charge on any atom is 0.240 e. The van der Waals surface area contributed by atoms with Gasteiger partial charge in [-0.05, 0) is 54.0 Å². The average Bonchev–Trinajstić information content (AvgIpc) is 2.78. The summed E-state index contributed by atoms with van der Waals surface area (Å²) in [6.07, 6.45) is 2.16. The molecule has 2 heterocycles. The molecule has 6 heteroatoms. The Balaban J connectivity index is 0.00000272. The van der Waals surface area contributed by atoms with Gasteiger partial charge in [0.05, 0.1) is 6.04 Å².